The van der Waals surface area contributed by atoms with Crippen LogP contribution in [0.25, 0.3) is 0 Å². The molecule has 0 radical (unpaired) electrons. The van der Waals surface area contributed by atoms with E-state index in [9.17, 15) is 36.2 Å². The Kier molecular flexibility index (Phi) is 7.00. The minimum Gasteiger partial charge on any atom is -0.369 e. The molecule has 4 rings (SSSR count). The molecule has 0 saturated carbocycles. The van der Waals surface area contributed by atoms with Crippen LogP contribution in [0.3, 0.4) is 0 Å². The third-order valence-corrected chi connectivity index (χ3v) is 7.72. The van der Waals surface area contributed by atoms with Gasteiger partial charge in [-0.15, -0.1) is 0 Å². The Morgan fingerprint density at radius 3 is 1.92 bits per heavy atom. The molecule has 0 aliphatic carbocycles. The molecule has 2 aromatic rings. The van der Waals surface area contributed by atoms with Gasteiger partial charge in [0.1, 0.15) is 0 Å². The molecule has 0 unspecified atom stereocenters. The molecular weight excluding hydrogens is 500 g/mol. The number of likely N-dealkylation sites (N-methyl/N-ethyl adjacent to an activating group) is 1. The summed E-state index contributed by atoms with van der Waals surface area (Å²) < 4.78 is 80.1. The van der Waals surface area contributed by atoms with Crippen molar-refractivity contribution in [1.82, 2.24) is 14.7 Å². The van der Waals surface area contributed by atoms with Gasteiger partial charge >= 0.3 is 18.4 Å². The number of alkyl halides is 6. The highest BCUT2D eigenvalue weighted by atomic mass is 19.4. The number of hydrogen-bond donors (Lipinski definition) is 1. The highest BCUT2D eigenvalue weighted by Gasteiger charge is 2.71. The van der Waals surface area contributed by atoms with Gasteiger partial charge in [0.15, 0.2) is 0 Å². The molecular formula is C26H29F6N3O2. The molecule has 1 N–H and O–H groups in total. The highest BCUT2D eigenvalue weighted by Crippen LogP contribution is 2.51. The zero-order valence-electron chi connectivity index (χ0n) is 20.5. The summed E-state index contributed by atoms with van der Waals surface area (Å²) in [5.74, 6) is -0.398. The average Bonchev–Trinajstić information content (AvgIpc) is 3.21. The molecule has 0 aromatic heterocycles. The molecule has 2 amide bonds. The molecule has 5 nitrogen and oxygen atoms in total. The van der Waals surface area contributed by atoms with Gasteiger partial charge in [0.05, 0.1) is 0 Å². The average molecular weight is 530 g/mol. The maximum absolute atomic E-state index is 13.4. The summed E-state index contributed by atoms with van der Waals surface area (Å²) in [6.07, 6.45) is -11.9. The third kappa shape index (κ3) is 4.79. The van der Waals surface area contributed by atoms with Gasteiger partial charge in [-0.25, -0.2) is 4.79 Å². The van der Waals surface area contributed by atoms with Crippen LogP contribution in [-0.2, 0) is 11.0 Å². The van der Waals surface area contributed by atoms with E-state index in [0.717, 1.165) is 18.7 Å². The van der Waals surface area contributed by atoms with Crippen LogP contribution >= 0.6 is 0 Å². The van der Waals surface area contributed by atoms with Crippen LogP contribution in [0.4, 0.5) is 31.1 Å². The van der Waals surface area contributed by atoms with Gasteiger partial charge in [-0.2, -0.15) is 26.3 Å². The first-order valence-electron chi connectivity index (χ1n) is 11.9. The van der Waals surface area contributed by atoms with Gasteiger partial charge < -0.3 is 19.8 Å². The number of urea groups is 1. The fraction of sp³-hybridized carbons (Fsp3) is 0.500. The van der Waals surface area contributed by atoms with E-state index in [1.54, 1.807) is 9.80 Å². The number of likely N-dealkylation sites (tertiary alicyclic amines) is 1. The lowest BCUT2D eigenvalue weighted by atomic mass is 9.71. The molecule has 202 valence electrons. The van der Waals surface area contributed by atoms with E-state index >= 15 is 0 Å². The van der Waals surface area contributed by atoms with E-state index in [0.29, 0.717) is 37.3 Å². The van der Waals surface area contributed by atoms with Crippen LogP contribution in [0.2, 0.25) is 0 Å². The molecule has 2 aromatic carbocycles. The number of hydrogen-bond acceptors (Lipinski definition) is 3. The number of carbonyl (C=O) groups excluding carboxylic acids is 1. The number of nitrogens with zero attached hydrogens (tertiary/aromatic N) is 3. The zero-order chi connectivity index (χ0) is 27.2. The predicted octanol–water partition coefficient (Wildman–Crippen LogP) is 4.72. The number of amides is 2. The highest BCUT2D eigenvalue weighted by molar-refractivity contribution is 5.75. The van der Waals surface area contributed by atoms with Crippen molar-refractivity contribution in [2.45, 2.75) is 36.2 Å². The van der Waals surface area contributed by atoms with Gasteiger partial charge in [0.25, 0.3) is 5.60 Å². The van der Waals surface area contributed by atoms with Gasteiger partial charge in [0, 0.05) is 56.2 Å². The standard InChI is InChI=1S/C26H29F6N3O2/c1-23(19-6-4-3-5-7-19)17-35(22(36)34-14-12-33(2)13-15-34)16-21(23)18-8-10-20(11-9-18)24(37,25(27,28)29)26(30,31)32/h3-11,21,37H,12-17H2,1-2H3/t21-,23+/m0/s1. The number of carbonyl (C=O) groups is 1. The lowest BCUT2D eigenvalue weighted by Crippen LogP contribution is -2.53. The largest absolute Gasteiger partial charge is 0.430 e. The van der Waals surface area contributed by atoms with E-state index in [1.165, 1.54) is 12.1 Å². The monoisotopic (exact) mass is 529 g/mol. The SMILES string of the molecule is CN1CCN(C(=O)N2C[C@@H](c3ccc(C(O)(C(F)(F)F)C(F)(F)F)cc3)[C@@](C)(c3ccccc3)C2)CC1. The smallest absolute Gasteiger partial charge is 0.369 e. The second-order valence-corrected chi connectivity index (χ2v) is 10.1. The zero-order valence-corrected chi connectivity index (χ0v) is 20.5. The summed E-state index contributed by atoms with van der Waals surface area (Å²) in [4.78, 5) is 19.0. The molecule has 0 bridgehead atoms. The molecule has 0 spiro atoms. The first-order chi connectivity index (χ1) is 17.2. The van der Waals surface area contributed by atoms with Gasteiger partial charge in [-0.3, -0.25) is 0 Å². The molecule has 11 heteroatoms. The summed E-state index contributed by atoms with van der Waals surface area (Å²) >= 11 is 0. The van der Waals surface area contributed by atoms with Crippen LogP contribution in [-0.4, -0.2) is 84.5 Å². The van der Waals surface area contributed by atoms with Crippen molar-refractivity contribution >= 4 is 6.03 Å². The Labute approximate surface area is 211 Å². The molecule has 37 heavy (non-hydrogen) atoms. The fourth-order valence-electron chi connectivity index (χ4n) is 5.37. The Hall–Kier alpha value is -2.79. The van der Waals surface area contributed by atoms with Crippen molar-refractivity contribution in [3.63, 3.8) is 0 Å². The summed E-state index contributed by atoms with van der Waals surface area (Å²) in [5.41, 5.74) is -5.55. The maximum Gasteiger partial charge on any atom is 0.430 e. The molecule has 2 atom stereocenters. The topological polar surface area (TPSA) is 47.0 Å². The first-order valence-corrected chi connectivity index (χ1v) is 11.9. The minimum atomic E-state index is -5.95. The number of aliphatic hydroxyl groups is 1. The van der Waals surface area contributed by atoms with Crippen LogP contribution in [0, 0.1) is 0 Å². The second kappa shape index (κ2) is 9.50. The Morgan fingerprint density at radius 1 is 0.865 bits per heavy atom. The third-order valence-electron chi connectivity index (χ3n) is 7.72. The number of rotatable bonds is 3. The van der Waals surface area contributed by atoms with E-state index in [-0.39, 0.29) is 12.6 Å². The van der Waals surface area contributed by atoms with Crippen molar-refractivity contribution in [2.24, 2.45) is 0 Å². The summed E-state index contributed by atoms with van der Waals surface area (Å²) in [6.45, 7) is 5.15. The Morgan fingerprint density at radius 2 is 1.41 bits per heavy atom. The van der Waals surface area contributed by atoms with Crippen LogP contribution in [0.5, 0.6) is 0 Å². The lowest BCUT2D eigenvalue weighted by Gasteiger charge is -2.35. The maximum atomic E-state index is 13.4. The molecule has 2 aliphatic rings. The van der Waals surface area contributed by atoms with Crippen molar-refractivity contribution in [3.8, 4) is 0 Å². The molecule has 2 heterocycles. The van der Waals surface area contributed by atoms with E-state index in [4.69, 9.17) is 0 Å². The quantitative estimate of drug-likeness (QED) is 0.586. The Balaban J connectivity index is 1.68. The van der Waals surface area contributed by atoms with Crippen LogP contribution in [0.15, 0.2) is 54.6 Å². The number of piperazine rings is 1. The lowest BCUT2D eigenvalue weighted by molar-refractivity contribution is -0.376. The molecule has 2 fully saturated rings. The molecule has 2 saturated heterocycles. The van der Waals surface area contributed by atoms with E-state index in [1.807, 2.05) is 44.3 Å². The van der Waals surface area contributed by atoms with Gasteiger partial charge in [0.2, 0.25) is 0 Å². The normalized spacial score (nSPS) is 24.0. The number of halogens is 6. The van der Waals surface area contributed by atoms with Gasteiger partial charge in [-0.05, 0) is 18.2 Å². The summed E-state index contributed by atoms with van der Waals surface area (Å²) in [6, 6.07) is 12.9. The van der Waals surface area contributed by atoms with E-state index < -0.39 is 34.8 Å². The summed E-state index contributed by atoms with van der Waals surface area (Å²) in [7, 11) is 1.97. The number of benzene rings is 2. The van der Waals surface area contributed by atoms with Crippen molar-refractivity contribution in [1.29, 1.82) is 0 Å². The minimum absolute atomic E-state index is 0.141. The van der Waals surface area contributed by atoms with E-state index in [2.05, 4.69) is 4.90 Å². The summed E-state index contributed by atoms with van der Waals surface area (Å²) in [5, 5.41) is 9.76. The molecule has 2 aliphatic heterocycles. The van der Waals surface area contributed by atoms with Crippen LogP contribution in [0.1, 0.15) is 29.5 Å². The Bertz CT molecular complexity index is 1080. The fourth-order valence-corrected chi connectivity index (χ4v) is 5.37. The second-order valence-electron chi connectivity index (χ2n) is 10.1. The van der Waals surface area contributed by atoms with Crippen molar-refractivity contribution in [3.05, 3.63) is 71.3 Å². The van der Waals surface area contributed by atoms with Crippen LogP contribution < -0.4 is 0 Å². The first kappa shape index (κ1) is 27.3. The van der Waals surface area contributed by atoms with Crippen molar-refractivity contribution in [2.75, 3.05) is 46.3 Å². The van der Waals surface area contributed by atoms with Crippen molar-refractivity contribution < 1.29 is 36.2 Å². The van der Waals surface area contributed by atoms with Gasteiger partial charge in [-0.1, -0.05) is 61.5 Å². The predicted molar refractivity (Wildman–Crippen MR) is 125 cm³/mol.